The average Bonchev–Trinajstić information content (AvgIpc) is 3.51. The third-order valence-corrected chi connectivity index (χ3v) is 7.31. The summed E-state index contributed by atoms with van der Waals surface area (Å²) in [5.74, 6) is 0.944. The highest BCUT2D eigenvalue weighted by atomic mass is 32.2. The van der Waals surface area contributed by atoms with Gasteiger partial charge in [0.1, 0.15) is 5.65 Å². The van der Waals surface area contributed by atoms with Crippen LogP contribution in [0.4, 0.5) is 0 Å². The number of aromatic nitrogens is 2. The van der Waals surface area contributed by atoms with Gasteiger partial charge in [-0.1, -0.05) is 12.1 Å². The van der Waals surface area contributed by atoms with E-state index in [1.54, 1.807) is 23.1 Å². The molecule has 0 saturated carbocycles. The Morgan fingerprint density at radius 3 is 2.83 bits per heavy atom. The van der Waals surface area contributed by atoms with Gasteiger partial charge in [0.2, 0.25) is 0 Å². The molecular weight excluding hydrogens is 398 g/mol. The van der Waals surface area contributed by atoms with E-state index in [1.807, 2.05) is 58.0 Å². The van der Waals surface area contributed by atoms with Gasteiger partial charge >= 0.3 is 0 Å². The van der Waals surface area contributed by atoms with Crippen LogP contribution in [0.2, 0.25) is 0 Å². The summed E-state index contributed by atoms with van der Waals surface area (Å²) in [5.41, 5.74) is 2.79. The van der Waals surface area contributed by atoms with Gasteiger partial charge in [-0.3, -0.25) is 4.79 Å². The number of carbonyl (C=O) groups is 1. The highest BCUT2D eigenvalue weighted by molar-refractivity contribution is 7.98. The Bertz CT molecular complexity index is 1090. The van der Waals surface area contributed by atoms with E-state index in [-0.39, 0.29) is 11.9 Å². The number of amides is 1. The molecule has 1 aliphatic rings. The first kappa shape index (κ1) is 18.5. The fourth-order valence-corrected chi connectivity index (χ4v) is 5.52. The van der Waals surface area contributed by atoms with E-state index >= 15 is 0 Å². The maximum absolute atomic E-state index is 13.1. The molecule has 1 fully saturated rings. The maximum Gasteiger partial charge on any atom is 0.254 e. The van der Waals surface area contributed by atoms with E-state index in [0.29, 0.717) is 0 Å². The van der Waals surface area contributed by atoms with Crippen LogP contribution in [0.1, 0.15) is 39.8 Å². The van der Waals surface area contributed by atoms with Crippen molar-refractivity contribution < 1.29 is 4.79 Å². The van der Waals surface area contributed by atoms with Crippen LogP contribution < -0.4 is 0 Å². The molecule has 1 saturated heterocycles. The number of benzene rings is 1. The molecule has 1 aliphatic heterocycles. The van der Waals surface area contributed by atoms with Crippen molar-refractivity contribution in [3.63, 3.8) is 0 Å². The molecule has 1 aromatic carbocycles. The highest BCUT2D eigenvalue weighted by Gasteiger charge is 2.31. The number of hydrogen-bond acceptors (Lipinski definition) is 4. The Kier molecular flexibility index (Phi) is 5.12. The van der Waals surface area contributed by atoms with Crippen molar-refractivity contribution in [2.75, 3.05) is 6.54 Å². The Balaban J connectivity index is 1.25. The second-order valence-corrected chi connectivity index (χ2v) is 9.21. The molecule has 0 radical (unpaired) electrons. The number of nitrogens with zero attached hydrogens (tertiary/aromatic N) is 3. The van der Waals surface area contributed by atoms with Crippen LogP contribution in [-0.2, 0) is 5.75 Å². The van der Waals surface area contributed by atoms with Gasteiger partial charge < -0.3 is 9.30 Å². The summed E-state index contributed by atoms with van der Waals surface area (Å²) in [4.78, 5) is 22.2. The SMILES string of the molecule is O=C(c1ccc(SCc2cn3ccccc3n2)cc1)N1CCCC1c1cccs1. The normalized spacial score (nSPS) is 16.6. The second kappa shape index (κ2) is 8.05. The molecule has 5 rings (SSSR count). The number of fused-ring (bicyclic) bond motifs is 1. The molecule has 1 amide bonds. The molecule has 0 N–H and O–H groups in total. The van der Waals surface area contributed by atoms with Crippen LogP contribution in [0, 0.1) is 0 Å². The lowest BCUT2D eigenvalue weighted by Gasteiger charge is -2.24. The van der Waals surface area contributed by atoms with Crippen molar-refractivity contribution in [3.8, 4) is 0 Å². The number of thioether (sulfide) groups is 1. The van der Waals surface area contributed by atoms with Crippen molar-refractivity contribution >= 4 is 34.7 Å². The highest BCUT2D eigenvalue weighted by Crippen LogP contribution is 2.35. The molecule has 0 spiro atoms. The third kappa shape index (κ3) is 3.82. The minimum Gasteiger partial charge on any atom is -0.331 e. The quantitative estimate of drug-likeness (QED) is 0.391. The van der Waals surface area contributed by atoms with E-state index in [9.17, 15) is 4.79 Å². The van der Waals surface area contributed by atoms with Gasteiger partial charge in [-0.05, 0) is 60.7 Å². The number of imidazole rings is 1. The van der Waals surface area contributed by atoms with Crippen molar-refractivity contribution in [3.05, 3.63) is 88.5 Å². The lowest BCUT2D eigenvalue weighted by atomic mass is 10.1. The maximum atomic E-state index is 13.1. The lowest BCUT2D eigenvalue weighted by molar-refractivity contribution is 0.0738. The van der Waals surface area contributed by atoms with E-state index in [1.165, 1.54) is 4.88 Å². The summed E-state index contributed by atoms with van der Waals surface area (Å²) in [6.07, 6.45) is 6.21. The van der Waals surface area contributed by atoms with Gasteiger partial charge in [0.05, 0.1) is 11.7 Å². The number of carbonyl (C=O) groups excluding carboxylic acids is 1. The van der Waals surface area contributed by atoms with Gasteiger partial charge in [0.25, 0.3) is 5.91 Å². The molecule has 29 heavy (non-hydrogen) atoms. The Labute approximate surface area is 178 Å². The molecule has 3 aromatic heterocycles. The zero-order chi connectivity index (χ0) is 19.6. The standard InChI is InChI=1S/C23H21N3OS2/c27-23(26-13-3-5-20(26)21-6-4-14-28-21)17-8-10-19(11-9-17)29-16-18-15-25-12-2-1-7-22(25)24-18/h1-2,4,6-12,14-15,20H,3,5,13,16H2. The van der Waals surface area contributed by atoms with Gasteiger partial charge in [-0.25, -0.2) is 4.98 Å². The topological polar surface area (TPSA) is 37.6 Å². The van der Waals surface area contributed by atoms with Crippen LogP contribution in [0.25, 0.3) is 5.65 Å². The average molecular weight is 420 g/mol. The minimum atomic E-state index is 0.137. The first-order chi connectivity index (χ1) is 14.3. The monoisotopic (exact) mass is 419 g/mol. The van der Waals surface area contributed by atoms with Crippen molar-refractivity contribution in [2.45, 2.75) is 29.5 Å². The van der Waals surface area contributed by atoms with Crippen molar-refractivity contribution in [1.82, 2.24) is 14.3 Å². The summed E-state index contributed by atoms with van der Waals surface area (Å²) < 4.78 is 2.04. The molecule has 4 aromatic rings. The summed E-state index contributed by atoms with van der Waals surface area (Å²) >= 11 is 3.48. The van der Waals surface area contributed by atoms with Gasteiger partial charge in [0, 0.05) is 40.0 Å². The van der Waals surface area contributed by atoms with E-state index in [4.69, 9.17) is 0 Å². The first-order valence-electron chi connectivity index (χ1n) is 9.78. The molecule has 4 heterocycles. The fourth-order valence-electron chi connectivity index (χ4n) is 3.86. The Morgan fingerprint density at radius 2 is 2.03 bits per heavy atom. The minimum absolute atomic E-state index is 0.137. The largest absolute Gasteiger partial charge is 0.331 e. The predicted octanol–water partition coefficient (Wildman–Crippen LogP) is 5.67. The molecule has 1 atom stereocenters. The molecule has 1 unspecified atom stereocenters. The zero-order valence-corrected chi connectivity index (χ0v) is 17.5. The van der Waals surface area contributed by atoms with Gasteiger partial charge in [0.15, 0.2) is 0 Å². The molecule has 146 valence electrons. The number of rotatable bonds is 5. The molecule has 6 heteroatoms. The van der Waals surface area contributed by atoms with E-state index in [0.717, 1.165) is 46.9 Å². The summed E-state index contributed by atoms with van der Waals surface area (Å²) in [6, 6.07) is 18.5. The van der Waals surface area contributed by atoms with E-state index < -0.39 is 0 Å². The number of pyridine rings is 1. The number of thiophene rings is 1. The van der Waals surface area contributed by atoms with Crippen LogP contribution in [0.15, 0.2) is 77.3 Å². The number of hydrogen-bond donors (Lipinski definition) is 0. The Hall–Kier alpha value is -2.57. The first-order valence-corrected chi connectivity index (χ1v) is 11.6. The molecule has 0 bridgehead atoms. The summed E-state index contributed by atoms with van der Waals surface area (Å²) in [5, 5.41) is 2.09. The van der Waals surface area contributed by atoms with Crippen LogP contribution in [-0.4, -0.2) is 26.7 Å². The van der Waals surface area contributed by atoms with Gasteiger partial charge in [-0.15, -0.1) is 23.1 Å². The van der Waals surface area contributed by atoms with Crippen molar-refractivity contribution in [2.24, 2.45) is 0 Å². The van der Waals surface area contributed by atoms with Crippen LogP contribution in [0.3, 0.4) is 0 Å². The summed E-state index contributed by atoms with van der Waals surface area (Å²) in [6.45, 7) is 0.839. The smallest absolute Gasteiger partial charge is 0.254 e. The number of likely N-dealkylation sites (tertiary alicyclic amines) is 1. The molecule has 4 nitrogen and oxygen atoms in total. The third-order valence-electron chi connectivity index (χ3n) is 5.29. The van der Waals surface area contributed by atoms with Gasteiger partial charge in [-0.2, -0.15) is 0 Å². The predicted molar refractivity (Wildman–Crippen MR) is 119 cm³/mol. The second-order valence-electron chi connectivity index (χ2n) is 7.18. The van der Waals surface area contributed by atoms with Crippen LogP contribution in [0.5, 0.6) is 0 Å². The van der Waals surface area contributed by atoms with Crippen molar-refractivity contribution in [1.29, 1.82) is 0 Å². The Morgan fingerprint density at radius 1 is 1.14 bits per heavy atom. The molecule has 0 aliphatic carbocycles. The molecular formula is C23H21N3OS2. The van der Waals surface area contributed by atoms with Crippen LogP contribution >= 0.6 is 23.1 Å². The fraction of sp³-hybridized carbons (Fsp3) is 0.217. The lowest BCUT2D eigenvalue weighted by Crippen LogP contribution is -2.30. The zero-order valence-electron chi connectivity index (χ0n) is 15.9. The van der Waals surface area contributed by atoms with E-state index in [2.05, 4.69) is 28.7 Å². The summed E-state index contributed by atoms with van der Waals surface area (Å²) in [7, 11) is 0.